The molecule has 0 bridgehead atoms. The Morgan fingerprint density at radius 2 is 2.00 bits per heavy atom. The molecule has 18 heavy (non-hydrogen) atoms. The zero-order valence-corrected chi connectivity index (χ0v) is 9.51. The lowest BCUT2D eigenvalue weighted by Crippen LogP contribution is -2.05. The van der Waals surface area contributed by atoms with Gasteiger partial charge in [0, 0.05) is 29.1 Å². The van der Waals surface area contributed by atoms with Gasteiger partial charge in [0.25, 0.3) is 6.43 Å². The van der Waals surface area contributed by atoms with Crippen LogP contribution in [0.3, 0.4) is 0 Å². The summed E-state index contributed by atoms with van der Waals surface area (Å²) in [6, 6.07) is 9.57. The number of ether oxygens (including phenoxy) is 1. The van der Waals surface area contributed by atoms with E-state index in [4.69, 9.17) is 10.5 Å². The third-order valence-electron chi connectivity index (χ3n) is 2.49. The van der Waals surface area contributed by atoms with Crippen molar-refractivity contribution in [3.05, 3.63) is 53.7 Å². The van der Waals surface area contributed by atoms with Crippen molar-refractivity contribution >= 4 is 5.69 Å². The molecular weight excluding hydrogens is 238 g/mol. The highest BCUT2D eigenvalue weighted by Crippen LogP contribution is 2.27. The van der Waals surface area contributed by atoms with E-state index in [2.05, 4.69) is 4.98 Å². The first kappa shape index (κ1) is 12.3. The minimum absolute atomic E-state index is 0.0244. The van der Waals surface area contributed by atoms with Crippen LogP contribution in [0.2, 0.25) is 0 Å². The van der Waals surface area contributed by atoms with Gasteiger partial charge in [0.15, 0.2) is 0 Å². The molecule has 0 saturated heterocycles. The van der Waals surface area contributed by atoms with Crippen molar-refractivity contribution in [1.29, 1.82) is 0 Å². The Morgan fingerprint density at radius 1 is 1.17 bits per heavy atom. The number of rotatable bonds is 4. The van der Waals surface area contributed by atoms with Gasteiger partial charge < -0.3 is 10.5 Å². The average Bonchev–Trinajstić information content (AvgIpc) is 2.38. The molecule has 0 aliphatic heterocycles. The van der Waals surface area contributed by atoms with Crippen molar-refractivity contribution in [1.82, 2.24) is 4.98 Å². The van der Waals surface area contributed by atoms with Crippen LogP contribution < -0.4 is 10.5 Å². The van der Waals surface area contributed by atoms with Crippen molar-refractivity contribution in [3.63, 3.8) is 0 Å². The third-order valence-corrected chi connectivity index (χ3v) is 2.49. The topological polar surface area (TPSA) is 48.1 Å². The number of benzene rings is 1. The third kappa shape index (κ3) is 2.74. The number of nitrogens with two attached hydrogens (primary N) is 1. The molecule has 0 atom stereocenters. The van der Waals surface area contributed by atoms with Crippen LogP contribution in [0.5, 0.6) is 5.88 Å². The number of hydrogen-bond donors (Lipinski definition) is 1. The van der Waals surface area contributed by atoms with Gasteiger partial charge in [0.05, 0.1) is 0 Å². The van der Waals surface area contributed by atoms with Crippen LogP contribution in [-0.2, 0) is 6.61 Å². The first-order chi connectivity index (χ1) is 8.68. The summed E-state index contributed by atoms with van der Waals surface area (Å²) in [4.78, 5) is 3.95. The Hall–Kier alpha value is -2.17. The SMILES string of the molecule is Nc1cccc(C(F)F)c1COc1ccccn1. The van der Waals surface area contributed by atoms with Crippen molar-refractivity contribution in [2.75, 3.05) is 5.73 Å². The zero-order chi connectivity index (χ0) is 13.0. The van der Waals surface area contributed by atoms with Gasteiger partial charge in [-0.3, -0.25) is 0 Å². The maximum Gasteiger partial charge on any atom is 0.264 e. The van der Waals surface area contributed by atoms with Crippen molar-refractivity contribution in [3.8, 4) is 5.88 Å². The predicted molar refractivity (Wildman–Crippen MR) is 64.4 cm³/mol. The molecule has 2 rings (SSSR count). The second kappa shape index (κ2) is 5.44. The highest BCUT2D eigenvalue weighted by Gasteiger charge is 2.15. The molecule has 0 amide bonds. The average molecular weight is 250 g/mol. The summed E-state index contributed by atoms with van der Waals surface area (Å²) in [6.07, 6.45) is -1.01. The van der Waals surface area contributed by atoms with Crippen molar-refractivity contribution in [2.45, 2.75) is 13.0 Å². The summed E-state index contributed by atoms with van der Waals surface area (Å²) in [5.74, 6) is 0.376. The van der Waals surface area contributed by atoms with Gasteiger partial charge in [-0.2, -0.15) is 0 Å². The Morgan fingerprint density at radius 3 is 2.67 bits per heavy atom. The van der Waals surface area contributed by atoms with Crippen LogP contribution in [0.25, 0.3) is 0 Å². The molecule has 2 aromatic rings. The molecule has 3 nitrogen and oxygen atoms in total. The lowest BCUT2D eigenvalue weighted by molar-refractivity contribution is 0.148. The predicted octanol–water partition coefficient (Wildman–Crippen LogP) is 3.18. The number of nitrogen functional groups attached to an aromatic ring is 1. The van der Waals surface area contributed by atoms with Crippen LogP contribution in [-0.4, -0.2) is 4.98 Å². The van der Waals surface area contributed by atoms with E-state index in [1.807, 2.05) is 0 Å². The highest BCUT2D eigenvalue weighted by molar-refractivity contribution is 5.51. The normalized spacial score (nSPS) is 10.6. The number of anilines is 1. The molecule has 0 aliphatic rings. The van der Waals surface area contributed by atoms with Gasteiger partial charge in [-0.15, -0.1) is 0 Å². The molecule has 2 N–H and O–H groups in total. The largest absolute Gasteiger partial charge is 0.473 e. The van der Waals surface area contributed by atoms with E-state index in [1.54, 1.807) is 30.5 Å². The fourth-order valence-electron chi connectivity index (χ4n) is 1.57. The second-order valence-corrected chi connectivity index (χ2v) is 3.67. The summed E-state index contributed by atoms with van der Waals surface area (Å²) in [5.41, 5.74) is 6.18. The summed E-state index contributed by atoms with van der Waals surface area (Å²) in [5, 5.41) is 0. The standard InChI is InChI=1S/C13H12F2N2O/c14-13(15)9-4-3-5-11(16)10(9)8-18-12-6-1-2-7-17-12/h1-7,13H,8,16H2. The zero-order valence-electron chi connectivity index (χ0n) is 9.51. The maximum atomic E-state index is 12.8. The molecule has 0 aliphatic carbocycles. The molecule has 0 spiro atoms. The van der Waals surface area contributed by atoms with Crippen LogP contribution in [0.15, 0.2) is 42.6 Å². The molecule has 1 aromatic carbocycles. The Bertz CT molecular complexity index is 518. The van der Waals surface area contributed by atoms with E-state index < -0.39 is 6.43 Å². The van der Waals surface area contributed by atoms with Gasteiger partial charge in [-0.25, -0.2) is 13.8 Å². The molecular formula is C13H12F2N2O. The second-order valence-electron chi connectivity index (χ2n) is 3.67. The van der Waals surface area contributed by atoms with E-state index in [0.29, 0.717) is 17.1 Å². The first-order valence-electron chi connectivity index (χ1n) is 5.37. The molecule has 1 heterocycles. The first-order valence-corrected chi connectivity index (χ1v) is 5.37. The Balaban J connectivity index is 2.19. The maximum absolute atomic E-state index is 12.8. The summed E-state index contributed by atoms with van der Waals surface area (Å²) in [7, 11) is 0. The number of hydrogen-bond acceptors (Lipinski definition) is 3. The number of alkyl halides is 2. The van der Waals surface area contributed by atoms with Gasteiger partial charge >= 0.3 is 0 Å². The molecule has 0 radical (unpaired) electrons. The molecule has 0 saturated carbocycles. The molecule has 94 valence electrons. The number of nitrogens with zero attached hydrogens (tertiary/aromatic N) is 1. The quantitative estimate of drug-likeness (QED) is 0.848. The monoisotopic (exact) mass is 250 g/mol. The van der Waals surface area contributed by atoms with Gasteiger partial charge in [-0.1, -0.05) is 18.2 Å². The van der Waals surface area contributed by atoms with Crippen LogP contribution in [0.4, 0.5) is 14.5 Å². The lowest BCUT2D eigenvalue weighted by atomic mass is 10.1. The van der Waals surface area contributed by atoms with Crippen LogP contribution in [0.1, 0.15) is 17.6 Å². The van der Waals surface area contributed by atoms with Gasteiger partial charge in [0.1, 0.15) is 6.61 Å². The minimum atomic E-state index is -2.57. The summed E-state index contributed by atoms with van der Waals surface area (Å²) < 4.78 is 31.0. The summed E-state index contributed by atoms with van der Waals surface area (Å²) >= 11 is 0. The fraction of sp³-hybridized carbons (Fsp3) is 0.154. The smallest absolute Gasteiger partial charge is 0.264 e. The van der Waals surface area contributed by atoms with E-state index in [-0.39, 0.29) is 12.2 Å². The summed E-state index contributed by atoms with van der Waals surface area (Å²) in [6.45, 7) is -0.0244. The number of aromatic nitrogens is 1. The number of halogens is 2. The van der Waals surface area contributed by atoms with E-state index >= 15 is 0 Å². The Labute approximate surface area is 103 Å². The van der Waals surface area contributed by atoms with E-state index in [0.717, 1.165) is 0 Å². The van der Waals surface area contributed by atoms with Crippen molar-refractivity contribution in [2.24, 2.45) is 0 Å². The van der Waals surface area contributed by atoms with Crippen molar-refractivity contribution < 1.29 is 13.5 Å². The lowest BCUT2D eigenvalue weighted by Gasteiger charge is -2.12. The van der Waals surface area contributed by atoms with Gasteiger partial charge in [-0.05, 0) is 12.1 Å². The highest BCUT2D eigenvalue weighted by atomic mass is 19.3. The van der Waals surface area contributed by atoms with Gasteiger partial charge in [0.2, 0.25) is 5.88 Å². The molecule has 1 aromatic heterocycles. The fourth-order valence-corrected chi connectivity index (χ4v) is 1.57. The molecule has 5 heteroatoms. The minimum Gasteiger partial charge on any atom is -0.473 e. The molecule has 0 fully saturated rings. The molecule has 0 unspecified atom stereocenters. The van der Waals surface area contributed by atoms with E-state index in [9.17, 15) is 8.78 Å². The van der Waals surface area contributed by atoms with Crippen LogP contribution in [0, 0.1) is 0 Å². The van der Waals surface area contributed by atoms with E-state index in [1.165, 1.54) is 12.1 Å². The van der Waals surface area contributed by atoms with Crippen LogP contribution >= 0.6 is 0 Å². The number of pyridine rings is 1. The Kier molecular flexibility index (Phi) is 3.72.